The van der Waals surface area contributed by atoms with Crippen molar-refractivity contribution in [3.63, 3.8) is 0 Å². The molecule has 2 rings (SSSR count). The summed E-state index contributed by atoms with van der Waals surface area (Å²) in [5, 5.41) is 2.35. The van der Waals surface area contributed by atoms with E-state index in [-0.39, 0.29) is 0 Å². The fourth-order valence-corrected chi connectivity index (χ4v) is 3.51. The largest absolute Gasteiger partial charge is 0.389 e. The van der Waals surface area contributed by atoms with Crippen LogP contribution in [0.25, 0.3) is 0 Å². The van der Waals surface area contributed by atoms with Crippen LogP contribution in [0.4, 0.5) is 13.2 Å². The zero-order valence-corrected chi connectivity index (χ0v) is 16.5. The lowest BCUT2D eigenvalue weighted by molar-refractivity contribution is -0.143. The fraction of sp³-hybridized carbons (Fsp3) is 0.632. The lowest BCUT2D eigenvalue weighted by Gasteiger charge is -2.27. The molecular weight excluding hydrogens is 389 g/mol. The number of alkyl halides is 3. The van der Waals surface area contributed by atoms with Gasteiger partial charge in [0.1, 0.15) is 5.92 Å². The predicted octanol–water partition coefficient (Wildman–Crippen LogP) is 1.14. The van der Waals surface area contributed by atoms with Crippen LogP contribution in [0.1, 0.15) is 39.0 Å². The van der Waals surface area contributed by atoms with E-state index in [0.717, 1.165) is 12.0 Å². The maximum absolute atomic E-state index is 13.1. The van der Waals surface area contributed by atoms with Crippen molar-refractivity contribution in [3.05, 3.63) is 23.3 Å². The number of amides is 2. The Hall–Kier alpha value is -2.20. The van der Waals surface area contributed by atoms with E-state index in [0.29, 0.717) is 18.4 Å². The summed E-state index contributed by atoms with van der Waals surface area (Å²) in [5.74, 6) is -3.01. The van der Waals surface area contributed by atoms with E-state index in [2.05, 4.69) is 5.32 Å². The Kier molecular flexibility index (Phi) is 7.23. The molecule has 4 atom stereocenters. The standard InChI is InChI=1S/C19H27F3N4O3/c1-10(25-17(28)13(23)7-8-19(20,21)22)16(27)15-12-6-4-3-5-11(12)9-14(24)26(2)18(15)29/h4,6,10,13-15H,3,5,7-9,23-24H2,1-2H3,(H,25,28)/t10-,13?,14?,15-/m0/s1. The summed E-state index contributed by atoms with van der Waals surface area (Å²) in [5.41, 5.74) is 13.1. The zero-order chi connectivity index (χ0) is 21.9. The van der Waals surface area contributed by atoms with E-state index in [9.17, 15) is 27.6 Å². The number of nitrogens with one attached hydrogen (secondary N) is 1. The first kappa shape index (κ1) is 23.1. The van der Waals surface area contributed by atoms with Crippen LogP contribution in [0.3, 0.4) is 0 Å². The second-order valence-corrected chi connectivity index (χ2v) is 7.55. The molecule has 29 heavy (non-hydrogen) atoms. The van der Waals surface area contributed by atoms with Gasteiger partial charge in [0, 0.05) is 19.9 Å². The van der Waals surface area contributed by atoms with E-state index in [4.69, 9.17) is 11.5 Å². The Bertz CT molecular complexity index is 733. The first-order chi connectivity index (χ1) is 13.4. The molecular formula is C19H27F3N4O3. The zero-order valence-electron chi connectivity index (χ0n) is 16.5. The van der Waals surface area contributed by atoms with E-state index >= 15 is 0 Å². The molecule has 10 heteroatoms. The summed E-state index contributed by atoms with van der Waals surface area (Å²) in [6.07, 6.45) is -1.23. The van der Waals surface area contributed by atoms with Crippen LogP contribution >= 0.6 is 0 Å². The third kappa shape index (κ3) is 5.66. The van der Waals surface area contributed by atoms with Crippen molar-refractivity contribution >= 4 is 17.6 Å². The molecule has 2 aliphatic rings. The minimum absolute atomic E-state index is 0.453. The summed E-state index contributed by atoms with van der Waals surface area (Å²) in [6.45, 7) is 1.39. The lowest BCUT2D eigenvalue weighted by atomic mass is 9.83. The average molecular weight is 416 g/mol. The van der Waals surface area contributed by atoms with Crippen LogP contribution in [0.15, 0.2) is 23.3 Å². The van der Waals surface area contributed by atoms with Crippen LogP contribution in [0, 0.1) is 5.92 Å². The van der Waals surface area contributed by atoms with Gasteiger partial charge in [-0.1, -0.05) is 17.7 Å². The van der Waals surface area contributed by atoms with Crippen LogP contribution in [0.2, 0.25) is 0 Å². The highest BCUT2D eigenvalue weighted by molar-refractivity contribution is 6.08. The first-order valence-corrected chi connectivity index (χ1v) is 9.49. The van der Waals surface area contributed by atoms with Gasteiger partial charge in [0.05, 0.1) is 18.2 Å². The molecule has 0 aromatic rings. The van der Waals surface area contributed by atoms with E-state index in [1.54, 1.807) is 6.08 Å². The van der Waals surface area contributed by atoms with Gasteiger partial charge in [-0.25, -0.2) is 0 Å². The van der Waals surface area contributed by atoms with Crippen molar-refractivity contribution in [1.29, 1.82) is 0 Å². The van der Waals surface area contributed by atoms with Crippen molar-refractivity contribution in [2.45, 2.75) is 63.5 Å². The van der Waals surface area contributed by atoms with Crippen molar-refractivity contribution in [3.8, 4) is 0 Å². The number of ketones is 1. The maximum atomic E-state index is 13.1. The third-order valence-corrected chi connectivity index (χ3v) is 5.32. The highest BCUT2D eigenvalue weighted by atomic mass is 19.4. The number of nitrogens with zero attached hydrogens (tertiary/aromatic N) is 1. The molecule has 0 bridgehead atoms. The molecule has 0 saturated carbocycles. The van der Waals surface area contributed by atoms with E-state index < -0.39 is 60.8 Å². The van der Waals surface area contributed by atoms with Gasteiger partial charge in [-0.05, 0) is 31.8 Å². The maximum Gasteiger partial charge on any atom is 0.389 e. The van der Waals surface area contributed by atoms with E-state index in [1.165, 1.54) is 18.9 Å². The first-order valence-electron chi connectivity index (χ1n) is 9.49. The molecule has 1 aliphatic heterocycles. The second kappa shape index (κ2) is 9.08. The molecule has 1 heterocycles. The number of rotatable bonds is 6. The molecule has 0 spiro atoms. The van der Waals surface area contributed by atoms with Gasteiger partial charge in [-0.2, -0.15) is 13.2 Å². The summed E-state index contributed by atoms with van der Waals surface area (Å²) >= 11 is 0. The quantitative estimate of drug-likeness (QED) is 0.561. The van der Waals surface area contributed by atoms with Gasteiger partial charge in [0.15, 0.2) is 5.78 Å². The highest BCUT2D eigenvalue weighted by Crippen LogP contribution is 2.33. The van der Waals surface area contributed by atoms with Gasteiger partial charge < -0.3 is 21.7 Å². The molecule has 0 fully saturated rings. The fourth-order valence-electron chi connectivity index (χ4n) is 3.51. The third-order valence-electron chi connectivity index (χ3n) is 5.32. The normalized spacial score (nSPS) is 24.7. The Morgan fingerprint density at radius 1 is 1.38 bits per heavy atom. The topological polar surface area (TPSA) is 119 Å². The molecule has 5 N–H and O–H groups in total. The van der Waals surface area contributed by atoms with Gasteiger partial charge >= 0.3 is 6.18 Å². The van der Waals surface area contributed by atoms with Gasteiger partial charge in [-0.3, -0.25) is 14.4 Å². The summed E-state index contributed by atoms with van der Waals surface area (Å²) in [6, 6.07) is -2.50. The minimum atomic E-state index is -4.42. The van der Waals surface area contributed by atoms with Crippen molar-refractivity contribution < 1.29 is 27.6 Å². The molecule has 0 saturated heterocycles. The molecule has 162 valence electrons. The Morgan fingerprint density at radius 3 is 2.66 bits per heavy atom. The van der Waals surface area contributed by atoms with Crippen molar-refractivity contribution in [2.75, 3.05) is 7.05 Å². The van der Waals surface area contributed by atoms with E-state index in [1.807, 2.05) is 6.08 Å². The molecule has 7 nitrogen and oxygen atoms in total. The van der Waals surface area contributed by atoms with Gasteiger partial charge in [-0.15, -0.1) is 0 Å². The summed E-state index contributed by atoms with van der Waals surface area (Å²) in [7, 11) is 1.52. The van der Waals surface area contributed by atoms with Crippen LogP contribution in [-0.2, 0) is 14.4 Å². The lowest BCUT2D eigenvalue weighted by Crippen LogP contribution is -2.52. The predicted molar refractivity (Wildman–Crippen MR) is 100 cm³/mol. The summed E-state index contributed by atoms with van der Waals surface area (Å²) in [4.78, 5) is 39.4. The van der Waals surface area contributed by atoms with Gasteiger partial charge in [0.2, 0.25) is 11.8 Å². The second-order valence-electron chi connectivity index (χ2n) is 7.55. The van der Waals surface area contributed by atoms with Crippen molar-refractivity contribution in [2.24, 2.45) is 17.4 Å². The number of hydrogen-bond acceptors (Lipinski definition) is 5. The molecule has 1 aliphatic carbocycles. The van der Waals surface area contributed by atoms with Gasteiger partial charge in [0.25, 0.3) is 0 Å². The van der Waals surface area contributed by atoms with Crippen LogP contribution in [0.5, 0.6) is 0 Å². The van der Waals surface area contributed by atoms with Crippen LogP contribution < -0.4 is 16.8 Å². The smallest absolute Gasteiger partial charge is 0.345 e. The number of nitrogens with two attached hydrogens (primary N) is 2. The number of hydrogen-bond donors (Lipinski definition) is 3. The number of carbonyl (C=O) groups is 3. The molecule has 0 aromatic heterocycles. The summed E-state index contributed by atoms with van der Waals surface area (Å²) < 4.78 is 36.9. The highest BCUT2D eigenvalue weighted by Gasteiger charge is 2.40. The number of halogens is 3. The number of Topliss-reactive ketones (excluding diaryl/α,β-unsaturated/α-hetero) is 1. The SMILES string of the molecule is C[C@H](NC(=O)C(N)CCC(F)(F)F)C(=O)[C@H]1C(=O)N(C)C(N)CC2=C1C=CCC2. The molecule has 0 aromatic carbocycles. The van der Waals surface area contributed by atoms with Crippen LogP contribution in [-0.4, -0.2) is 54.0 Å². The Labute approximate surface area is 167 Å². The molecule has 2 unspecified atom stereocenters. The Morgan fingerprint density at radius 2 is 2.03 bits per heavy atom. The van der Waals surface area contributed by atoms with Crippen molar-refractivity contribution in [1.82, 2.24) is 10.2 Å². The molecule has 2 amide bonds. The number of allylic oxidation sites excluding steroid dienone is 2. The minimum Gasteiger partial charge on any atom is -0.345 e. The monoisotopic (exact) mass is 416 g/mol. The molecule has 0 radical (unpaired) electrons. The number of carbonyl (C=O) groups excluding carboxylic acids is 3. The Balaban J connectivity index is 2.14. The average Bonchev–Trinajstić information content (AvgIpc) is 2.74.